The van der Waals surface area contributed by atoms with E-state index in [1.165, 1.54) is 0 Å². The molecule has 1 aliphatic rings. The summed E-state index contributed by atoms with van der Waals surface area (Å²) >= 11 is 0. The van der Waals surface area contributed by atoms with Gasteiger partial charge in [-0.1, -0.05) is 13.8 Å². The third-order valence-electron chi connectivity index (χ3n) is 4.20. The van der Waals surface area contributed by atoms with Gasteiger partial charge in [-0.15, -0.1) is 0 Å². The molecule has 1 aliphatic heterocycles. The summed E-state index contributed by atoms with van der Waals surface area (Å²) in [5.41, 5.74) is 5.58. The largest absolute Gasteiger partial charge is 0.343 e. The van der Waals surface area contributed by atoms with Crippen molar-refractivity contribution in [1.29, 1.82) is 0 Å². The Hall–Kier alpha value is -0.610. The molecule has 0 spiro atoms. The first-order valence-corrected chi connectivity index (χ1v) is 7.26. The topological polar surface area (TPSA) is 49.6 Å². The van der Waals surface area contributed by atoms with Crippen LogP contribution in [0.25, 0.3) is 0 Å². The van der Waals surface area contributed by atoms with E-state index < -0.39 is 0 Å². The summed E-state index contributed by atoms with van der Waals surface area (Å²) in [4.78, 5) is 16.5. The smallest absolute Gasteiger partial charge is 0.222 e. The van der Waals surface area contributed by atoms with E-state index in [-0.39, 0.29) is 5.91 Å². The van der Waals surface area contributed by atoms with E-state index in [4.69, 9.17) is 5.73 Å². The monoisotopic (exact) mass is 255 g/mol. The molecule has 1 amide bonds. The van der Waals surface area contributed by atoms with Crippen LogP contribution in [0.3, 0.4) is 0 Å². The lowest BCUT2D eigenvalue weighted by Crippen LogP contribution is -2.45. The highest BCUT2D eigenvalue weighted by molar-refractivity contribution is 5.76. The van der Waals surface area contributed by atoms with Crippen LogP contribution in [-0.2, 0) is 4.79 Å². The van der Waals surface area contributed by atoms with Gasteiger partial charge in [-0.25, -0.2) is 0 Å². The van der Waals surface area contributed by atoms with Crippen molar-refractivity contribution in [2.75, 3.05) is 33.2 Å². The third kappa shape index (κ3) is 4.58. The van der Waals surface area contributed by atoms with Gasteiger partial charge in [0, 0.05) is 32.6 Å². The van der Waals surface area contributed by atoms with Gasteiger partial charge in [0.2, 0.25) is 5.91 Å². The van der Waals surface area contributed by atoms with E-state index >= 15 is 0 Å². The van der Waals surface area contributed by atoms with Crippen LogP contribution in [0.2, 0.25) is 0 Å². The summed E-state index contributed by atoms with van der Waals surface area (Å²) in [5, 5.41) is 0. The molecule has 2 N–H and O–H groups in total. The minimum absolute atomic E-state index is 0.283. The van der Waals surface area contributed by atoms with Gasteiger partial charge in [0.15, 0.2) is 0 Å². The molecule has 1 saturated heterocycles. The van der Waals surface area contributed by atoms with Crippen LogP contribution in [0.4, 0.5) is 0 Å². The van der Waals surface area contributed by atoms with Crippen molar-refractivity contribution in [2.24, 2.45) is 11.7 Å². The highest BCUT2D eigenvalue weighted by Crippen LogP contribution is 2.17. The van der Waals surface area contributed by atoms with E-state index in [0.717, 1.165) is 38.9 Å². The summed E-state index contributed by atoms with van der Waals surface area (Å²) in [6, 6.07) is 0.438. The average molecular weight is 255 g/mol. The minimum atomic E-state index is 0.283. The van der Waals surface area contributed by atoms with Crippen molar-refractivity contribution in [3.8, 4) is 0 Å². The van der Waals surface area contributed by atoms with Crippen molar-refractivity contribution in [3.05, 3.63) is 0 Å². The molecule has 106 valence electrons. The van der Waals surface area contributed by atoms with Crippen molar-refractivity contribution < 1.29 is 4.79 Å². The predicted octanol–water partition coefficient (Wildman–Crippen LogP) is 1.30. The highest BCUT2D eigenvalue weighted by atomic mass is 16.2. The Morgan fingerprint density at radius 3 is 2.56 bits per heavy atom. The zero-order chi connectivity index (χ0) is 13.5. The quantitative estimate of drug-likeness (QED) is 0.778. The van der Waals surface area contributed by atoms with Crippen LogP contribution in [-0.4, -0.2) is 55.0 Å². The van der Waals surface area contributed by atoms with Crippen molar-refractivity contribution >= 4 is 5.91 Å². The Bertz CT molecular complexity index is 249. The van der Waals surface area contributed by atoms with E-state index in [2.05, 4.69) is 18.7 Å². The Morgan fingerprint density at radius 1 is 1.44 bits per heavy atom. The second kappa shape index (κ2) is 7.74. The van der Waals surface area contributed by atoms with Crippen LogP contribution in [0, 0.1) is 5.92 Å². The predicted molar refractivity (Wildman–Crippen MR) is 75.4 cm³/mol. The highest BCUT2D eigenvalue weighted by Gasteiger charge is 2.24. The molecule has 1 atom stereocenters. The fourth-order valence-electron chi connectivity index (χ4n) is 2.49. The molecule has 0 aromatic heterocycles. The molecule has 0 saturated carbocycles. The summed E-state index contributed by atoms with van der Waals surface area (Å²) in [6.07, 6.45) is 3.78. The van der Waals surface area contributed by atoms with Crippen molar-refractivity contribution in [3.63, 3.8) is 0 Å². The Kier molecular flexibility index (Phi) is 6.65. The number of likely N-dealkylation sites (tertiary alicyclic amines) is 1. The number of rotatable bonds is 6. The van der Waals surface area contributed by atoms with Crippen molar-refractivity contribution in [1.82, 2.24) is 9.80 Å². The first-order chi connectivity index (χ1) is 8.58. The van der Waals surface area contributed by atoms with Gasteiger partial charge < -0.3 is 15.5 Å². The average Bonchev–Trinajstić information content (AvgIpc) is 2.43. The maximum atomic E-state index is 12.1. The SMILES string of the molecule is CCN1CCC(N(C)C(=O)CCC(C)CN)CC1. The molecule has 1 heterocycles. The van der Waals surface area contributed by atoms with Gasteiger partial charge in [0.05, 0.1) is 0 Å². The summed E-state index contributed by atoms with van der Waals surface area (Å²) in [6.45, 7) is 8.34. The summed E-state index contributed by atoms with van der Waals surface area (Å²) < 4.78 is 0. The molecule has 1 unspecified atom stereocenters. The molecular weight excluding hydrogens is 226 g/mol. The maximum Gasteiger partial charge on any atom is 0.222 e. The van der Waals surface area contributed by atoms with Crippen molar-refractivity contribution in [2.45, 2.75) is 45.6 Å². The van der Waals surface area contributed by atoms with E-state index in [1.54, 1.807) is 0 Å². The number of hydrogen-bond donors (Lipinski definition) is 1. The van der Waals surface area contributed by atoms with Crippen LogP contribution in [0.15, 0.2) is 0 Å². The number of carbonyl (C=O) groups is 1. The summed E-state index contributed by atoms with van der Waals surface area (Å²) in [5.74, 6) is 0.731. The molecular formula is C14H29N3O. The van der Waals surface area contributed by atoms with Gasteiger partial charge in [0.1, 0.15) is 0 Å². The van der Waals surface area contributed by atoms with Crippen LogP contribution < -0.4 is 5.73 Å². The van der Waals surface area contributed by atoms with Gasteiger partial charge in [-0.2, -0.15) is 0 Å². The molecule has 4 heteroatoms. The number of piperidine rings is 1. The molecule has 18 heavy (non-hydrogen) atoms. The van der Waals surface area contributed by atoms with E-state index in [0.29, 0.717) is 24.9 Å². The lowest BCUT2D eigenvalue weighted by Gasteiger charge is -2.36. The molecule has 1 fully saturated rings. The molecule has 1 rings (SSSR count). The zero-order valence-electron chi connectivity index (χ0n) is 12.2. The van der Waals surface area contributed by atoms with Crippen LogP contribution in [0.1, 0.15) is 39.5 Å². The Labute approximate surface area is 111 Å². The minimum Gasteiger partial charge on any atom is -0.343 e. The first-order valence-electron chi connectivity index (χ1n) is 7.26. The summed E-state index contributed by atoms with van der Waals surface area (Å²) in [7, 11) is 1.96. The van der Waals surface area contributed by atoms with E-state index in [1.807, 2.05) is 11.9 Å². The molecule has 0 aromatic rings. The van der Waals surface area contributed by atoms with Gasteiger partial charge in [0.25, 0.3) is 0 Å². The second-order valence-electron chi connectivity index (χ2n) is 5.55. The van der Waals surface area contributed by atoms with E-state index in [9.17, 15) is 4.79 Å². The molecule has 0 aliphatic carbocycles. The zero-order valence-corrected chi connectivity index (χ0v) is 12.2. The molecule has 0 aromatic carbocycles. The lowest BCUT2D eigenvalue weighted by molar-refractivity contribution is -0.133. The van der Waals surface area contributed by atoms with Crippen LogP contribution in [0.5, 0.6) is 0 Å². The number of amides is 1. The van der Waals surface area contributed by atoms with Gasteiger partial charge >= 0.3 is 0 Å². The lowest BCUT2D eigenvalue weighted by atomic mass is 10.0. The number of nitrogens with two attached hydrogens (primary N) is 1. The van der Waals surface area contributed by atoms with Gasteiger partial charge in [-0.3, -0.25) is 4.79 Å². The Morgan fingerprint density at radius 2 is 2.06 bits per heavy atom. The fraction of sp³-hybridized carbons (Fsp3) is 0.929. The maximum absolute atomic E-state index is 12.1. The normalized spacial score (nSPS) is 19.8. The fourth-order valence-corrected chi connectivity index (χ4v) is 2.49. The standard InChI is InChI=1S/C14H29N3O/c1-4-17-9-7-13(8-10-17)16(3)14(18)6-5-12(2)11-15/h12-13H,4-11,15H2,1-3H3. The number of hydrogen-bond acceptors (Lipinski definition) is 3. The second-order valence-corrected chi connectivity index (χ2v) is 5.55. The number of carbonyl (C=O) groups excluding carboxylic acids is 1. The Balaban J connectivity index is 2.31. The number of nitrogens with zero attached hydrogens (tertiary/aromatic N) is 2. The molecule has 0 radical (unpaired) electrons. The molecule has 4 nitrogen and oxygen atoms in total. The molecule has 0 bridgehead atoms. The third-order valence-corrected chi connectivity index (χ3v) is 4.20. The first kappa shape index (κ1) is 15.4. The van der Waals surface area contributed by atoms with Gasteiger partial charge in [-0.05, 0) is 38.3 Å². The van der Waals surface area contributed by atoms with Crippen LogP contribution >= 0.6 is 0 Å².